The highest BCUT2D eigenvalue weighted by molar-refractivity contribution is 5.15. The first kappa shape index (κ1) is 8.74. The fourth-order valence-electron chi connectivity index (χ4n) is 1.35. The molecule has 4 nitrogen and oxygen atoms in total. The van der Waals surface area contributed by atoms with E-state index in [4.69, 9.17) is 5.84 Å². The maximum atomic E-state index is 5.60. The largest absolute Gasteiger partial charge is 0.336 e. The lowest BCUT2D eigenvalue weighted by molar-refractivity contribution is 0.802. The fraction of sp³-hybridized carbons (Fsp3) is 0.200. The Labute approximate surface area is 82.4 Å². The van der Waals surface area contributed by atoms with E-state index in [1.165, 1.54) is 16.6 Å². The zero-order valence-corrected chi connectivity index (χ0v) is 7.80. The Morgan fingerprint density at radius 1 is 1.14 bits per heavy atom. The SMILES string of the molecule is Nn1cnnc1CCc1ccccc1. The molecule has 2 N–H and O–H groups in total. The van der Waals surface area contributed by atoms with Crippen LogP contribution in [0.5, 0.6) is 0 Å². The highest BCUT2D eigenvalue weighted by Crippen LogP contribution is 2.03. The molecular formula is C10H12N4. The minimum Gasteiger partial charge on any atom is -0.336 e. The average Bonchev–Trinajstić information content (AvgIpc) is 2.63. The Kier molecular flexibility index (Phi) is 2.44. The van der Waals surface area contributed by atoms with Crippen LogP contribution in [0.1, 0.15) is 11.4 Å². The molecule has 14 heavy (non-hydrogen) atoms. The van der Waals surface area contributed by atoms with Gasteiger partial charge in [-0.25, -0.2) is 4.68 Å². The summed E-state index contributed by atoms with van der Waals surface area (Å²) in [7, 11) is 0. The number of nitrogen functional groups attached to an aromatic ring is 1. The van der Waals surface area contributed by atoms with Crippen molar-refractivity contribution in [1.82, 2.24) is 14.9 Å². The Balaban J connectivity index is 1.99. The van der Waals surface area contributed by atoms with Gasteiger partial charge in [-0.2, -0.15) is 0 Å². The molecule has 2 aromatic rings. The maximum absolute atomic E-state index is 5.60. The van der Waals surface area contributed by atoms with Crippen molar-refractivity contribution in [2.75, 3.05) is 5.84 Å². The van der Waals surface area contributed by atoms with Crippen LogP contribution in [0, 0.1) is 0 Å². The highest BCUT2D eigenvalue weighted by atomic mass is 15.4. The van der Waals surface area contributed by atoms with Crippen molar-refractivity contribution in [3.8, 4) is 0 Å². The molecule has 1 heterocycles. The normalized spacial score (nSPS) is 10.3. The molecule has 0 fully saturated rings. The lowest BCUT2D eigenvalue weighted by Crippen LogP contribution is -2.12. The average molecular weight is 188 g/mol. The highest BCUT2D eigenvalue weighted by Gasteiger charge is 2.00. The van der Waals surface area contributed by atoms with Gasteiger partial charge in [-0.05, 0) is 12.0 Å². The van der Waals surface area contributed by atoms with Crippen LogP contribution in [-0.2, 0) is 12.8 Å². The van der Waals surface area contributed by atoms with Crippen molar-refractivity contribution in [1.29, 1.82) is 0 Å². The minimum atomic E-state index is 0.814. The van der Waals surface area contributed by atoms with E-state index in [1.807, 2.05) is 18.2 Å². The predicted octanol–water partition coefficient (Wildman–Crippen LogP) is 0.777. The van der Waals surface area contributed by atoms with Crippen LogP contribution in [0.4, 0.5) is 0 Å². The van der Waals surface area contributed by atoms with E-state index >= 15 is 0 Å². The van der Waals surface area contributed by atoms with E-state index in [0.29, 0.717) is 0 Å². The Morgan fingerprint density at radius 3 is 2.57 bits per heavy atom. The number of hydrogen-bond donors (Lipinski definition) is 1. The van der Waals surface area contributed by atoms with Gasteiger partial charge in [-0.15, -0.1) is 10.2 Å². The molecule has 0 bridgehead atoms. The van der Waals surface area contributed by atoms with Crippen molar-refractivity contribution in [2.45, 2.75) is 12.8 Å². The van der Waals surface area contributed by atoms with E-state index in [-0.39, 0.29) is 0 Å². The first-order chi connectivity index (χ1) is 6.86. The summed E-state index contributed by atoms with van der Waals surface area (Å²) in [6, 6.07) is 10.3. The molecule has 0 atom stereocenters. The molecule has 0 amide bonds. The van der Waals surface area contributed by atoms with Gasteiger partial charge in [0.1, 0.15) is 6.33 Å². The zero-order chi connectivity index (χ0) is 9.80. The van der Waals surface area contributed by atoms with Gasteiger partial charge in [0.25, 0.3) is 0 Å². The standard InChI is InChI=1S/C10H12N4/c11-14-8-12-13-10(14)7-6-9-4-2-1-3-5-9/h1-5,8H,6-7,11H2. The Bertz CT molecular complexity index is 394. The van der Waals surface area contributed by atoms with Crippen molar-refractivity contribution in [2.24, 2.45) is 0 Å². The molecule has 1 aromatic heterocycles. The summed E-state index contributed by atoms with van der Waals surface area (Å²) in [5, 5.41) is 7.64. The van der Waals surface area contributed by atoms with Gasteiger partial charge in [0.2, 0.25) is 0 Å². The van der Waals surface area contributed by atoms with E-state index < -0.39 is 0 Å². The first-order valence-electron chi connectivity index (χ1n) is 4.54. The number of nitrogens with zero attached hydrogens (tertiary/aromatic N) is 3. The van der Waals surface area contributed by atoms with Crippen LogP contribution in [0.25, 0.3) is 0 Å². The number of rotatable bonds is 3. The number of hydrogen-bond acceptors (Lipinski definition) is 3. The molecule has 0 aliphatic rings. The summed E-state index contributed by atoms with van der Waals surface area (Å²) in [5.41, 5.74) is 1.29. The third kappa shape index (κ3) is 1.90. The summed E-state index contributed by atoms with van der Waals surface area (Å²) in [6.45, 7) is 0. The van der Waals surface area contributed by atoms with Gasteiger partial charge in [-0.1, -0.05) is 30.3 Å². The summed E-state index contributed by atoms with van der Waals surface area (Å²) in [4.78, 5) is 0. The van der Waals surface area contributed by atoms with E-state index in [2.05, 4.69) is 22.3 Å². The molecule has 0 unspecified atom stereocenters. The van der Waals surface area contributed by atoms with Gasteiger partial charge >= 0.3 is 0 Å². The Hall–Kier alpha value is -1.84. The molecule has 0 aliphatic carbocycles. The second-order valence-corrected chi connectivity index (χ2v) is 3.14. The molecule has 0 spiro atoms. The summed E-state index contributed by atoms with van der Waals surface area (Å²) in [6.07, 6.45) is 3.28. The van der Waals surface area contributed by atoms with Crippen LogP contribution in [-0.4, -0.2) is 14.9 Å². The number of benzene rings is 1. The van der Waals surface area contributed by atoms with E-state index in [9.17, 15) is 0 Å². The van der Waals surface area contributed by atoms with Crippen LogP contribution in [0.2, 0.25) is 0 Å². The fourth-order valence-corrected chi connectivity index (χ4v) is 1.35. The van der Waals surface area contributed by atoms with Crippen LogP contribution in [0.3, 0.4) is 0 Å². The lowest BCUT2D eigenvalue weighted by atomic mass is 10.1. The van der Waals surface area contributed by atoms with Gasteiger partial charge in [0.05, 0.1) is 0 Å². The third-order valence-electron chi connectivity index (χ3n) is 2.13. The summed E-state index contributed by atoms with van der Waals surface area (Å²) < 4.78 is 1.46. The molecule has 2 rings (SSSR count). The maximum Gasteiger partial charge on any atom is 0.151 e. The van der Waals surface area contributed by atoms with E-state index in [0.717, 1.165) is 18.7 Å². The molecule has 0 saturated heterocycles. The zero-order valence-electron chi connectivity index (χ0n) is 7.80. The van der Waals surface area contributed by atoms with Crippen molar-refractivity contribution < 1.29 is 0 Å². The summed E-state index contributed by atoms with van der Waals surface area (Å²) in [5.74, 6) is 6.41. The smallest absolute Gasteiger partial charge is 0.151 e. The number of aromatic nitrogens is 3. The third-order valence-corrected chi connectivity index (χ3v) is 2.13. The molecule has 0 radical (unpaired) electrons. The number of aryl methyl sites for hydroxylation is 2. The predicted molar refractivity (Wildman–Crippen MR) is 54.0 cm³/mol. The molecule has 1 aromatic carbocycles. The van der Waals surface area contributed by atoms with Crippen LogP contribution < -0.4 is 5.84 Å². The first-order valence-corrected chi connectivity index (χ1v) is 4.54. The van der Waals surface area contributed by atoms with Gasteiger partial charge < -0.3 is 5.84 Å². The minimum absolute atomic E-state index is 0.814. The van der Waals surface area contributed by atoms with Crippen molar-refractivity contribution >= 4 is 0 Å². The molecule has 0 saturated carbocycles. The van der Waals surface area contributed by atoms with Crippen LogP contribution in [0.15, 0.2) is 36.7 Å². The summed E-state index contributed by atoms with van der Waals surface area (Å²) >= 11 is 0. The molecular weight excluding hydrogens is 176 g/mol. The lowest BCUT2D eigenvalue weighted by Gasteiger charge is -2.00. The quantitative estimate of drug-likeness (QED) is 0.724. The monoisotopic (exact) mass is 188 g/mol. The second-order valence-electron chi connectivity index (χ2n) is 3.14. The van der Waals surface area contributed by atoms with Gasteiger partial charge in [0, 0.05) is 6.42 Å². The molecule has 72 valence electrons. The molecule has 0 aliphatic heterocycles. The molecule has 4 heteroatoms. The van der Waals surface area contributed by atoms with E-state index in [1.54, 1.807) is 0 Å². The van der Waals surface area contributed by atoms with Gasteiger partial charge in [-0.3, -0.25) is 0 Å². The Morgan fingerprint density at radius 2 is 1.93 bits per heavy atom. The topological polar surface area (TPSA) is 56.7 Å². The van der Waals surface area contributed by atoms with Crippen LogP contribution >= 0.6 is 0 Å². The number of nitrogens with two attached hydrogens (primary N) is 1. The van der Waals surface area contributed by atoms with Crippen molar-refractivity contribution in [3.05, 3.63) is 48.0 Å². The second kappa shape index (κ2) is 3.91. The van der Waals surface area contributed by atoms with Gasteiger partial charge in [0.15, 0.2) is 5.82 Å². The van der Waals surface area contributed by atoms with Crippen molar-refractivity contribution in [3.63, 3.8) is 0 Å².